The van der Waals surface area contributed by atoms with Gasteiger partial charge in [-0.2, -0.15) is 0 Å². The minimum absolute atomic E-state index is 0.159. The molecule has 0 spiro atoms. The molecule has 1 aliphatic heterocycles. The fourth-order valence-corrected chi connectivity index (χ4v) is 2.59. The summed E-state index contributed by atoms with van der Waals surface area (Å²) in [4.78, 5) is 18.6. The maximum absolute atomic E-state index is 11.9. The van der Waals surface area contributed by atoms with E-state index < -0.39 is 0 Å². The fraction of sp³-hybridized carbons (Fsp3) is 0.625. The average Bonchev–Trinajstić information content (AvgIpc) is 2.54. The molecule has 3 N–H and O–H groups in total. The molecule has 1 aliphatic rings. The van der Waals surface area contributed by atoms with Gasteiger partial charge >= 0.3 is 0 Å². The summed E-state index contributed by atoms with van der Waals surface area (Å²) in [6.07, 6.45) is 5.24. The van der Waals surface area contributed by atoms with E-state index >= 15 is 0 Å². The van der Waals surface area contributed by atoms with Crippen molar-refractivity contribution in [3.8, 4) is 0 Å². The van der Waals surface area contributed by atoms with Crippen LogP contribution in [0.4, 0.5) is 5.82 Å². The Balaban J connectivity index is 1.70. The first-order valence-corrected chi connectivity index (χ1v) is 7.84. The molecule has 1 fully saturated rings. The van der Waals surface area contributed by atoms with E-state index in [1.54, 1.807) is 0 Å². The maximum atomic E-state index is 11.9. The van der Waals surface area contributed by atoms with E-state index in [0.717, 1.165) is 38.2 Å². The van der Waals surface area contributed by atoms with Gasteiger partial charge in [0.2, 0.25) is 5.91 Å². The van der Waals surface area contributed by atoms with Gasteiger partial charge < -0.3 is 16.0 Å². The van der Waals surface area contributed by atoms with Crippen LogP contribution in [0.1, 0.15) is 32.6 Å². The Labute approximate surface area is 126 Å². The number of pyridine rings is 1. The molecule has 2 heterocycles. The van der Waals surface area contributed by atoms with E-state index in [1.165, 1.54) is 0 Å². The molecule has 21 heavy (non-hydrogen) atoms. The molecule has 2 rings (SSSR count). The van der Waals surface area contributed by atoms with Gasteiger partial charge in [-0.05, 0) is 43.9 Å². The highest BCUT2D eigenvalue weighted by Gasteiger charge is 2.21. The minimum Gasteiger partial charge on any atom is -0.356 e. The van der Waals surface area contributed by atoms with Gasteiger partial charge in [0.25, 0.3) is 0 Å². The summed E-state index contributed by atoms with van der Waals surface area (Å²) in [7, 11) is 0. The Bertz CT molecular complexity index is 429. The Morgan fingerprint density at radius 2 is 2.24 bits per heavy atom. The van der Waals surface area contributed by atoms with Gasteiger partial charge in [-0.3, -0.25) is 4.79 Å². The topological polar surface area (TPSA) is 71.2 Å². The van der Waals surface area contributed by atoms with E-state index in [9.17, 15) is 4.79 Å². The summed E-state index contributed by atoms with van der Waals surface area (Å²) in [5.74, 6) is 1.60. The quantitative estimate of drug-likeness (QED) is 0.833. The van der Waals surface area contributed by atoms with E-state index in [1.807, 2.05) is 24.4 Å². The van der Waals surface area contributed by atoms with Crippen molar-refractivity contribution >= 4 is 11.7 Å². The number of carbonyl (C=O) groups excluding carboxylic acids is 1. The molecule has 0 aliphatic carbocycles. The van der Waals surface area contributed by atoms with Crippen molar-refractivity contribution in [2.24, 2.45) is 11.7 Å². The van der Waals surface area contributed by atoms with E-state index in [-0.39, 0.29) is 5.91 Å². The van der Waals surface area contributed by atoms with E-state index in [4.69, 9.17) is 5.73 Å². The zero-order chi connectivity index (χ0) is 15.1. The number of hydrogen-bond acceptors (Lipinski definition) is 4. The van der Waals surface area contributed by atoms with Gasteiger partial charge in [0, 0.05) is 31.7 Å². The van der Waals surface area contributed by atoms with Gasteiger partial charge in [0.1, 0.15) is 5.82 Å². The molecule has 1 aromatic heterocycles. The van der Waals surface area contributed by atoms with Crippen LogP contribution < -0.4 is 16.0 Å². The molecule has 0 aromatic carbocycles. The lowest BCUT2D eigenvalue weighted by Gasteiger charge is -2.33. The lowest BCUT2D eigenvalue weighted by molar-refractivity contribution is -0.122. The summed E-state index contributed by atoms with van der Waals surface area (Å²) in [6.45, 7) is 4.62. The van der Waals surface area contributed by atoms with Crippen LogP contribution in [0.2, 0.25) is 0 Å². The normalized spacial score (nSPS) is 17.5. The number of amides is 1. The third-order valence-corrected chi connectivity index (χ3v) is 4.10. The highest BCUT2D eigenvalue weighted by atomic mass is 16.1. The Kier molecular flexibility index (Phi) is 5.99. The van der Waals surface area contributed by atoms with E-state index in [2.05, 4.69) is 22.1 Å². The molecule has 5 nitrogen and oxygen atoms in total. The predicted octanol–water partition coefficient (Wildman–Crippen LogP) is 1.54. The summed E-state index contributed by atoms with van der Waals surface area (Å²) >= 11 is 0. The Hall–Kier alpha value is -1.62. The van der Waals surface area contributed by atoms with Crippen LogP contribution in [0.25, 0.3) is 0 Å². The van der Waals surface area contributed by atoms with Crippen molar-refractivity contribution in [2.75, 3.05) is 24.5 Å². The third kappa shape index (κ3) is 5.01. The van der Waals surface area contributed by atoms with Gasteiger partial charge in [-0.1, -0.05) is 13.0 Å². The van der Waals surface area contributed by atoms with Gasteiger partial charge in [-0.15, -0.1) is 0 Å². The minimum atomic E-state index is 0.159. The van der Waals surface area contributed by atoms with Crippen molar-refractivity contribution < 1.29 is 4.79 Å². The molecule has 1 saturated heterocycles. The number of piperidine rings is 1. The first-order chi connectivity index (χ1) is 10.2. The molecule has 0 saturated carbocycles. The Morgan fingerprint density at radius 3 is 2.86 bits per heavy atom. The highest BCUT2D eigenvalue weighted by molar-refractivity contribution is 5.76. The smallest absolute Gasteiger partial charge is 0.220 e. The monoisotopic (exact) mass is 290 g/mol. The van der Waals surface area contributed by atoms with Gasteiger partial charge in [0.05, 0.1) is 0 Å². The maximum Gasteiger partial charge on any atom is 0.220 e. The second kappa shape index (κ2) is 7.98. The lowest BCUT2D eigenvalue weighted by Crippen LogP contribution is -2.45. The molecular formula is C16H26N4O. The molecule has 1 atom stereocenters. The molecule has 1 amide bonds. The zero-order valence-electron chi connectivity index (χ0n) is 12.8. The third-order valence-electron chi connectivity index (χ3n) is 4.10. The summed E-state index contributed by atoms with van der Waals surface area (Å²) in [5.41, 5.74) is 5.57. The van der Waals surface area contributed by atoms with Crippen molar-refractivity contribution in [3.05, 3.63) is 24.4 Å². The van der Waals surface area contributed by atoms with E-state index in [0.29, 0.717) is 24.9 Å². The molecular weight excluding hydrogens is 264 g/mol. The average molecular weight is 290 g/mol. The standard InChI is InChI=1S/C16H26N4O/c1-13(12-17)5-6-16(21)19-14-7-10-20(11-8-14)15-4-2-3-9-18-15/h2-4,9,13-14H,5-8,10-12,17H2,1H3,(H,19,21). The summed E-state index contributed by atoms with van der Waals surface area (Å²) in [5, 5.41) is 3.14. The lowest BCUT2D eigenvalue weighted by atomic mass is 10.0. The largest absolute Gasteiger partial charge is 0.356 e. The van der Waals surface area contributed by atoms with Crippen LogP contribution in [0, 0.1) is 5.92 Å². The Morgan fingerprint density at radius 1 is 1.48 bits per heavy atom. The number of nitrogens with one attached hydrogen (secondary N) is 1. The van der Waals surface area contributed by atoms with Gasteiger partial charge in [0.15, 0.2) is 0 Å². The number of nitrogens with two attached hydrogens (primary N) is 1. The number of anilines is 1. The predicted molar refractivity (Wildman–Crippen MR) is 85.1 cm³/mol. The van der Waals surface area contributed by atoms with Crippen LogP contribution in [0.3, 0.4) is 0 Å². The first kappa shape index (κ1) is 15.8. The SMILES string of the molecule is CC(CN)CCC(=O)NC1CCN(c2ccccn2)CC1. The molecule has 5 heteroatoms. The van der Waals surface area contributed by atoms with Crippen molar-refractivity contribution in [2.45, 2.75) is 38.6 Å². The first-order valence-electron chi connectivity index (χ1n) is 7.84. The van der Waals surface area contributed by atoms with Crippen molar-refractivity contribution in [1.29, 1.82) is 0 Å². The number of rotatable bonds is 6. The van der Waals surface area contributed by atoms with Gasteiger partial charge in [-0.25, -0.2) is 4.98 Å². The molecule has 0 bridgehead atoms. The highest BCUT2D eigenvalue weighted by Crippen LogP contribution is 2.17. The number of carbonyl (C=O) groups is 1. The van der Waals surface area contributed by atoms with Crippen LogP contribution in [-0.4, -0.2) is 36.6 Å². The van der Waals surface area contributed by atoms with Crippen LogP contribution in [0.15, 0.2) is 24.4 Å². The second-order valence-electron chi connectivity index (χ2n) is 5.90. The number of aromatic nitrogens is 1. The molecule has 0 radical (unpaired) electrons. The van der Waals surface area contributed by atoms with Crippen molar-refractivity contribution in [1.82, 2.24) is 10.3 Å². The van der Waals surface area contributed by atoms with Crippen LogP contribution in [0.5, 0.6) is 0 Å². The van der Waals surface area contributed by atoms with Crippen LogP contribution >= 0.6 is 0 Å². The zero-order valence-corrected chi connectivity index (χ0v) is 12.8. The number of nitrogens with zero attached hydrogens (tertiary/aromatic N) is 2. The summed E-state index contributed by atoms with van der Waals surface area (Å²) < 4.78 is 0. The molecule has 1 unspecified atom stereocenters. The van der Waals surface area contributed by atoms with Crippen LogP contribution in [-0.2, 0) is 4.79 Å². The summed E-state index contributed by atoms with van der Waals surface area (Å²) in [6, 6.07) is 6.27. The molecule has 1 aromatic rings. The molecule has 116 valence electrons. The van der Waals surface area contributed by atoms with Crippen molar-refractivity contribution in [3.63, 3.8) is 0 Å². The second-order valence-corrected chi connectivity index (χ2v) is 5.90. The fourth-order valence-electron chi connectivity index (χ4n) is 2.59. The number of hydrogen-bond donors (Lipinski definition) is 2.